The summed E-state index contributed by atoms with van der Waals surface area (Å²) in [5, 5.41) is 31.5. The number of aliphatic carboxylic acids is 1. The molecule has 3 N–H and O–H groups in total. The average molecular weight is 1050 g/mol. The summed E-state index contributed by atoms with van der Waals surface area (Å²) >= 11 is 0. The standard InChI is InChI=1S/C63H102O12/c1-4-7-10-13-16-19-22-25-26-27-28-29-30-33-36-39-42-45-48-51-57(66)74-61-59(68)58(67)60(62(69)70)75-63(61)72-53-54(73-56(65)50-47-44-41-38-35-32-24-21-18-15-12-9-6-3)52-71-55(64)49-46-43-40-37-34-31-23-20-17-14-11-8-5-2/h7-8,10-11,16-17,19-20,25-26,28-29,31,33-34,36,54,58-61,63,67-68H,4-6,9,12-15,18,21-24,27,30,32,35,37-53H2,1-3H3,(H,69,70)/b10-7-,11-8-,19-16-,20-17-,26-25-,29-28-,34-31-,36-33-. The van der Waals surface area contributed by atoms with Crippen molar-refractivity contribution in [3.63, 3.8) is 0 Å². The molecule has 1 heterocycles. The number of ether oxygens (including phenoxy) is 5. The van der Waals surface area contributed by atoms with Crippen molar-refractivity contribution < 1.29 is 58.2 Å². The second-order valence-corrected chi connectivity index (χ2v) is 19.5. The van der Waals surface area contributed by atoms with E-state index in [2.05, 4.69) is 118 Å². The summed E-state index contributed by atoms with van der Waals surface area (Å²) in [7, 11) is 0. The third kappa shape index (κ3) is 40.6. The number of aliphatic hydroxyl groups excluding tert-OH is 2. The van der Waals surface area contributed by atoms with Gasteiger partial charge in [-0.2, -0.15) is 0 Å². The van der Waals surface area contributed by atoms with Gasteiger partial charge in [-0.25, -0.2) is 4.79 Å². The van der Waals surface area contributed by atoms with E-state index < -0.39 is 67.3 Å². The molecule has 75 heavy (non-hydrogen) atoms. The van der Waals surface area contributed by atoms with Crippen LogP contribution in [0.25, 0.3) is 0 Å². The van der Waals surface area contributed by atoms with E-state index >= 15 is 0 Å². The first-order valence-electron chi connectivity index (χ1n) is 29.2. The molecule has 1 saturated heterocycles. The van der Waals surface area contributed by atoms with Crippen LogP contribution in [0.4, 0.5) is 0 Å². The number of unbranched alkanes of at least 4 members (excludes halogenated alkanes) is 18. The molecule has 0 bridgehead atoms. The van der Waals surface area contributed by atoms with Gasteiger partial charge in [0.05, 0.1) is 6.61 Å². The zero-order valence-corrected chi connectivity index (χ0v) is 46.8. The molecule has 0 radical (unpaired) electrons. The van der Waals surface area contributed by atoms with E-state index in [1.54, 1.807) is 0 Å². The van der Waals surface area contributed by atoms with Gasteiger partial charge in [-0.1, -0.05) is 208 Å². The molecule has 6 atom stereocenters. The van der Waals surface area contributed by atoms with Crippen LogP contribution in [-0.4, -0.2) is 89.2 Å². The van der Waals surface area contributed by atoms with Gasteiger partial charge in [-0.05, 0) is 96.3 Å². The Bertz CT molecular complexity index is 1670. The number of hydrogen-bond donors (Lipinski definition) is 3. The second kappa shape index (κ2) is 50.5. The van der Waals surface area contributed by atoms with E-state index in [4.69, 9.17) is 23.7 Å². The number of carbonyl (C=O) groups excluding carboxylic acids is 3. The lowest BCUT2D eigenvalue weighted by molar-refractivity contribution is -0.301. The van der Waals surface area contributed by atoms with E-state index in [9.17, 15) is 34.5 Å². The van der Waals surface area contributed by atoms with Crippen molar-refractivity contribution in [3.05, 3.63) is 97.2 Å². The Morgan fingerprint density at radius 2 is 0.840 bits per heavy atom. The van der Waals surface area contributed by atoms with Gasteiger partial charge >= 0.3 is 23.9 Å². The number of allylic oxidation sites excluding steroid dienone is 16. The summed E-state index contributed by atoms with van der Waals surface area (Å²) in [5.41, 5.74) is 0. The minimum absolute atomic E-state index is 0.0150. The minimum Gasteiger partial charge on any atom is -0.479 e. The smallest absolute Gasteiger partial charge is 0.335 e. The molecule has 6 unspecified atom stereocenters. The molecule has 1 aliphatic rings. The van der Waals surface area contributed by atoms with Crippen LogP contribution in [0.15, 0.2) is 97.2 Å². The molecule has 0 aliphatic carbocycles. The number of carboxylic acid groups (broad SMARTS) is 1. The first kappa shape index (κ1) is 68.7. The maximum atomic E-state index is 13.1. The van der Waals surface area contributed by atoms with Crippen LogP contribution in [0.2, 0.25) is 0 Å². The number of esters is 3. The van der Waals surface area contributed by atoms with Gasteiger partial charge in [-0.15, -0.1) is 0 Å². The van der Waals surface area contributed by atoms with Crippen LogP contribution in [0.3, 0.4) is 0 Å². The van der Waals surface area contributed by atoms with E-state index in [1.807, 2.05) is 0 Å². The van der Waals surface area contributed by atoms with E-state index in [-0.39, 0.29) is 25.9 Å². The van der Waals surface area contributed by atoms with E-state index in [0.717, 1.165) is 109 Å². The molecule has 1 fully saturated rings. The van der Waals surface area contributed by atoms with Crippen molar-refractivity contribution in [2.24, 2.45) is 0 Å². The lowest BCUT2D eigenvalue weighted by atomic mass is 9.98. The SMILES string of the molecule is CC/C=C\C/C=C\C/C=C\C/C=C\C/C=C\CCCCCC(=O)OC1C(OCC(COC(=O)CCCCC/C=C\C/C=C\C/C=C\CC)OC(=O)CCCCCCCCCCCCCCC)OC(C(=O)O)C(O)C1O. The Balaban J connectivity index is 2.72. The third-order valence-electron chi connectivity index (χ3n) is 12.7. The molecule has 0 amide bonds. The number of carbonyl (C=O) groups is 4. The highest BCUT2D eigenvalue weighted by atomic mass is 16.7. The fraction of sp³-hybridized carbons (Fsp3) is 0.683. The molecule has 12 nitrogen and oxygen atoms in total. The van der Waals surface area contributed by atoms with Crippen molar-refractivity contribution in [3.8, 4) is 0 Å². The summed E-state index contributed by atoms with van der Waals surface area (Å²) in [6.07, 6.45) is 53.8. The van der Waals surface area contributed by atoms with Crippen LogP contribution >= 0.6 is 0 Å². The zero-order valence-electron chi connectivity index (χ0n) is 46.8. The van der Waals surface area contributed by atoms with E-state index in [0.29, 0.717) is 19.3 Å². The molecule has 12 heteroatoms. The Hall–Kier alpha value is -4.36. The molecule has 0 saturated carbocycles. The summed E-state index contributed by atoms with van der Waals surface area (Å²) in [5.74, 6) is -3.21. The Labute approximate surface area is 453 Å². The van der Waals surface area contributed by atoms with Gasteiger partial charge in [0.25, 0.3) is 0 Å². The number of rotatable bonds is 48. The molecular weight excluding hydrogens is 949 g/mol. The normalized spacial score (nSPS) is 18.9. The maximum absolute atomic E-state index is 13.1. The highest BCUT2D eigenvalue weighted by Crippen LogP contribution is 2.26. The van der Waals surface area contributed by atoms with Gasteiger partial charge in [0.15, 0.2) is 24.6 Å². The van der Waals surface area contributed by atoms with Crippen LogP contribution in [0.1, 0.15) is 226 Å². The summed E-state index contributed by atoms with van der Waals surface area (Å²) < 4.78 is 28.3. The lowest BCUT2D eigenvalue weighted by Crippen LogP contribution is -2.61. The minimum atomic E-state index is -1.92. The maximum Gasteiger partial charge on any atom is 0.335 e. The molecule has 1 rings (SSSR count). The van der Waals surface area contributed by atoms with Gasteiger partial charge < -0.3 is 39.0 Å². The first-order valence-corrected chi connectivity index (χ1v) is 29.2. The predicted molar refractivity (Wildman–Crippen MR) is 303 cm³/mol. The Morgan fingerprint density at radius 1 is 0.453 bits per heavy atom. The Morgan fingerprint density at radius 3 is 1.28 bits per heavy atom. The molecule has 1 aliphatic heterocycles. The fourth-order valence-corrected chi connectivity index (χ4v) is 8.23. The number of carboxylic acids is 1. The lowest BCUT2D eigenvalue weighted by Gasteiger charge is -2.40. The highest BCUT2D eigenvalue weighted by Gasteiger charge is 2.50. The molecule has 0 aromatic heterocycles. The molecule has 0 aromatic carbocycles. The van der Waals surface area contributed by atoms with Crippen molar-refractivity contribution in [1.82, 2.24) is 0 Å². The molecular formula is C63H102O12. The van der Waals surface area contributed by atoms with E-state index in [1.165, 1.54) is 57.8 Å². The predicted octanol–water partition coefficient (Wildman–Crippen LogP) is 14.9. The number of aliphatic hydroxyl groups is 2. The quantitative estimate of drug-likeness (QED) is 0.0228. The Kier molecular flexibility index (Phi) is 46.2. The van der Waals surface area contributed by atoms with Crippen LogP contribution < -0.4 is 0 Å². The largest absolute Gasteiger partial charge is 0.479 e. The summed E-state index contributed by atoms with van der Waals surface area (Å²) in [6, 6.07) is 0. The van der Waals surface area contributed by atoms with Crippen LogP contribution in [0.5, 0.6) is 0 Å². The zero-order chi connectivity index (χ0) is 54.7. The molecule has 0 spiro atoms. The molecule has 426 valence electrons. The topological polar surface area (TPSA) is 175 Å². The average Bonchev–Trinajstić information content (AvgIpc) is 3.39. The second-order valence-electron chi connectivity index (χ2n) is 19.5. The summed E-state index contributed by atoms with van der Waals surface area (Å²) in [4.78, 5) is 51.1. The first-order chi connectivity index (χ1) is 36.6. The highest BCUT2D eigenvalue weighted by molar-refractivity contribution is 5.74. The van der Waals surface area contributed by atoms with Gasteiger partial charge in [0.2, 0.25) is 0 Å². The monoisotopic (exact) mass is 1050 g/mol. The summed E-state index contributed by atoms with van der Waals surface area (Å²) in [6.45, 7) is 5.72. The van der Waals surface area contributed by atoms with Crippen molar-refractivity contribution in [1.29, 1.82) is 0 Å². The van der Waals surface area contributed by atoms with Crippen molar-refractivity contribution in [2.45, 2.75) is 263 Å². The van der Waals surface area contributed by atoms with Crippen LogP contribution in [-0.2, 0) is 42.9 Å². The molecule has 0 aromatic rings. The number of hydrogen-bond acceptors (Lipinski definition) is 11. The van der Waals surface area contributed by atoms with Crippen molar-refractivity contribution >= 4 is 23.9 Å². The fourth-order valence-electron chi connectivity index (χ4n) is 8.23. The third-order valence-corrected chi connectivity index (χ3v) is 12.7. The van der Waals surface area contributed by atoms with Crippen molar-refractivity contribution in [2.75, 3.05) is 13.2 Å². The van der Waals surface area contributed by atoms with Gasteiger partial charge in [0.1, 0.15) is 18.8 Å². The van der Waals surface area contributed by atoms with Crippen LogP contribution in [0, 0.1) is 0 Å². The van der Waals surface area contributed by atoms with Gasteiger partial charge in [-0.3, -0.25) is 14.4 Å². The van der Waals surface area contributed by atoms with Gasteiger partial charge in [0, 0.05) is 19.3 Å².